The number of ether oxygens (including phenoxy) is 1. The van der Waals surface area contributed by atoms with Gasteiger partial charge in [-0.05, 0) is 17.9 Å². The number of hydrogen-bond donors (Lipinski definition) is 3. The Morgan fingerprint density at radius 2 is 1.82 bits per heavy atom. The molecular weight excluding hydrogens is 523 g/mol. The molecule has 2 aromatic rings. The molecule has 40 heavy (non-hydrogen) atoms. The summed E-state index contributed by atoms with van der Waals surface area (Å²) in [5.74, 6) is -5.48. The number of benzene rings is 1. The highest BCUT2D eigenvalue weighted by Gasteiger charge is 2.58. The summed E-state index contributed by atoms with van der Waals surface area (Å²) < 4.78 is 15.8. The van der Waals surface area contributed by atoms with E-state index in [1.54, 1.807) is 24.3 Å². The van der Waals surface area contributed by atoms with Gasteiger partial charge in [0.1, 0.15) is 11.7 Å². The first-order valence-electron chi connectivity index (χ1n) is 12.6. The Morgan fingerprint density at radius 3 is 2.42 bits per heavy atom. The minimum Gasteiger partial charge on any atom is -0.506 e. The summed E-state index contributed by atoms with van der Waals surface area (Å²) >= 11 is 0. The molecule has 0 spiro atoms. The van der Waals surface area contributed by atoms with Crippen LogP contribution < -0.4 is 10.6 Å². The van der Waals surface area contributed by atoms with Crippen LogP contribution in [0.4, 0.5) is 0 Å². The Hall–Kier alpha value is -4.33. The molecule has 1 aliphatic rings. The topological polar surface area (TPSA) is 183 Å². The predicted molar refractivity (Wildman–Crippen MR) is 139 cm³/mol. The standard InChI is InChI=1S/C26H31BN4O9/c1-16(2)11-20(27-39-25(37)26(40-27,13-21(32)33)14-22(34)38-3)31-23(35)18(12-17-7-5-4-6-8-17)30-24(36)19-15-28-9-10-29-19/h4-10,15-16,18,20H,11-14H2,1-3H3,(H,30,36)(H,31,35)(H,32,33)/t18-,20-,26-/m0/s1. The fourth-order valence-electron chi connectivity index (χ4n) is 4.25. The van der Waals surface area contributed by atoms with Gasteiger partial charge in [-0.2, -0.15) is 0 Å². The molecule has 0 saturated carbocycles. The van der Waals surface area contributed by atoms with E-state index in [0.717, 1.165) is 12.7 Å². The normalized spacial score (nSPS) is 18.0. The zero-order valence-corrected chi connectivity index (χ0v) is 22.4. The first-order chi connectivity index (χ1) is 19.0. The maximum Gasteiger partial charge on any atom is 0.552 e. The third-order valence-electron chi connectivity index (χ3n) is 6.11. The van der Waals surface area contributed by atoms with E-state index in [-0.39, 0.29) is 24.5 Å². The van der Waals surface area contributed by atoms with Crippen molar-refractivity contribution in [2.45, 2.75) is 57.1 Å². The molecule has 0 bridgehead atoms. The maximum absolute atomic E-state index is 13.6. The Balaban J connectivity index is 1.85. The fourth-order valence-corrected chi connectivity index (χ4v) is 4.25. The lowest BCUT2D eigenvalue weighted by Crippen LogP contribution is -2.55. The van der Waals surface area contributed by atoms with E-state index in [0.29, 0.717) is 0 Å². The van der Waals surface area contributed by atoms with Crippen molar-refractivity contribution in [2.24, 2.45) is 5.92 Å². The fraction of sp³-hybridized carbons (Fsp3) is 0.423. The van der Waals surface area contributed by atoms with E-state index in [4.69, 9.17) is 9.31 Å². The Morgan fingerprint density at radius 1 is 1.10 bits per heavy atom. The molecule has 1 aromatic carbocycles. The number of carbonyl (C=O) groups excluding carboxylic acids is 4. The summed E-state index contributed by atoms with van der Waals surface area (Å²) in [6, 6.07) is 7.95. The molecule has 1 fully saturated rings. The van der Waals surface area contributed by atoms with Gasteiger partial charge in [0.25, 0.3) is 5.91 Å². The average molecular weight is 554 g/mol. The Kier molecular flexibility index (Phi) is 10.3. The molecule has 212 valence electrons. The van der Waals surface area contributed by atoms with E-state index < -0.39 is 67.3 Å². The van der Waals surface area contributed by atoms with Gasteiger partial charge in [0, 0.05) is 18.8 Å². The molecule has 1 aromatic heterocycles. The number of carboxylic acids is 1. The molecule has 3 atom stereocenters. The third kappa shape index (κ3) is 8.09. The minimum absolute atomic E-state index is 0.0152. The highest BCUT2D eigenvalue weighted by Crippen LogP contribution is 2.32. The van der Waals surface area contributed by atoms with Crippen molar-refractivity contribution in [3.8, 4) is 0 Å². The van der Waals surface area contributed by atoms with Crippen molar-refractivity contribution in [1.29, 1.82) is 0 Å². The first-order valence-corrected chi connectivity index (χ1v) is 12.6. The number of carbonyl (C=O) groups is 5. The van der Waals surface area contributed by atoms with Gasteiger partial charge in [-0.3, -0.25) is 29.0 Å². The van der Waals surface area contributed by atoms with Crippen LogP contribution in [-0.2, 0) is 39.6 Å². The monoisotopic (exact) mass is 554 g/mol. The van der Waals surface area contributed by atoms with Gasteiger partial charge >= 0.3 is 25.0 Å². The zero-order chi connectivity index (χ0) is 29.3. The third-order valence-corrected chi connectivity index (χ3v) is 6.11. The number of nitrogens with one attached hydrogen (secondary N) is 2. The minimum atomic E-state index is -2.12. The van der Waals surface area contributed by atoms with Crippen LogP contribution in [0.1, 0.15) is 49.2 Å². The van der Waals surface area contributed by atoms with Crippen LogP contribution in [0.15, 0.2) is 48.9 Å². The molecule has 1 aliphatic heterocycles. The summed E-state index contributed by atoms with van der Waals surface area (Å²) in [6.07, 6.45) is 2.90. The van der Waals surface area contributed by atoms with E-state index >= 15 is 0 Å². The van der Waals surface area contributed by atoms with Crippen LogP contribution in [0.3, 0.4) is 0 Å². The molecule has 2 heterocycles. The summed E-state index contributed by atoms with van der Waals surface area (Å²) in [5.41, 5.74) is -1.33. The van der Waals surface area contributed by atoms with Crippen LogP contribution in [-0.4, -0.2) is 76.6 Å². The molecule has 0 unspecified atom stereocenters. The van der Waals surface area contributed by atoms with Gasteiger partial charge < -0.3 is 29.8 Å². The average Bonchev–Trinajstić information content (AvgIpc) is 3.22. The number of carboxylic acid groups (broad SMARTS) is 1. The van der Waals surface area contributed by atoms with Gasteiger partial charge in [-0.15, -0.1) is 0 Å². The number of esters is 1. The molecule has 0 aliphatic carbocycles. The molecule has 14 heteroatoms. The number of amides is 2. The smallest absolute Gasteiger partial charge is 0.506 e. The van der Waals surface area contributed by atoms with Crippen molar-refractivity contribution >= 4 is 36.8 Å². The predicted octanol–water partition coefficient (Wildman–Crippen LogP) is 0.726. The number of hydrogen-bond acceptors (Lipinski definition) is 10. The van der Waals surface area contributed by atoms with E-state index in [2.05, 4.69) is 25.3 Å². The molecule has 3 rings (SSSR count). The van der Waals surface area contributed by atoms with E-state index in [9.17, 15) is 29.1 Å². The highest BCUT2D eigenvalue weighted by molar-refractivity contribution is 6.51. The van der Waals surface area contributed by atoms with Gasteiger partial charge in [-0.1, -0.05) is 44.2 Å². The maximum atomic E-state index is 13.6. The lowest BCUT2D eigenvalue weighted by atomic mass is 9.73. The number of methoxy groups -OCH3 is 1. The van der Waals surface area contributed by atoms with Crippen LogP contribution in [0.2, 0.25) is 0 Å². The van der Waals surface area contributed by atoms with Gasteiger partial charge in [0.15, 0.2) is 5.60 Å². The Bertz CT molecular complexity index is 1220. The van der Waals surface area contributed by atoms with Crippen molar-refractivity contribution in [2.75, 3.05) is 7.11 Å². The summed E-state index contributed by atoms with van der Waals surface area (Å²) in [6.45, 7) is 3.73. The van der Waals surface area contributed by atoms with E-state index in [1.807, 2.05) is 19.9 Å². The molecule has 3 N–H and O–H groups in total. The SMILES string of the molecule is COC(=O)C[C@]1(CC(=O)O)OB([C@H](CC(C)C)NC(=O)[C@H](Cc2ccccc2)NC(=O)c2cnccn2)OC1=O. The Labute approximate surface area is 231 Å². The number of aromatic nitrogens is 2. The van der Waals surface area contributed by atoms with Crippen LogP contribution in [0, 0.1) is 5.92 Å². The first kappa shape index (κ1) is 30.2. The second kappa shape index (κ2) is 13.6. The molecule has 13 nitrogen and oxygen atoms in total. The second-order valence-corrected chi connectivity index (χ2v) is 9.76. The van der Waals surface area contributed by atoms with E-state index in [1.165, 1.54) is 18.6 Å². The quantitative estimate of drug-likeness (QED) is 0.234. The molecular formula is C26H31BN4O9. The summed E-state index contributed by atoms with van der Waals surface area (Å²) in [7, 11) is -0.297. The van der Waals surface area contributed by atoms with Crippen LogP contribution in [0.25, 0.3) is 0 Å². The van der Waals surface area contributed by atoms with Gasteiger partial charge in [0.2, 0.25) is 5.91 Å². The second-order valence-electron chi connectivity index (χ2n) is 9.76. The van der Waals surface area contributed by atoms with Crippen molar-refractivity contribution in [1.82, 2.24) is 20.6 Å². The highest BCUT2D eigenvalue weighted by atomic mass is 16.7. The van der Waals surface area contributed by atoms with Crippen LogP contribution >= 0.6 is 0 Å². The van der Waals surface area contributed by atoms with Crippen LogP contribution in [0.5, 0.6) is 0 Å². The number of aliphatic carboxylic acids is 1. The largest absolute Gasteiger partial charge is 0.552 e. The molecule has 2 amide bonds. The van der Waals surface area contributed by atoms with Gasteiger partial charge in [0.05, 0.1) is 32.1 Å². The van der Waals surface area contributed by atoms with Crippen molar-refractivity contribution < 1.29 is 43.1 Å². The molecule has 0 radical (unpaired) electrons. The summed E-state index contributed by atoms with van der Waals surface area (Å²) in [4.78, 5) is 70.6. The van der Waals surface area contributed by atoms with Gasteiger partial charge in [-0.25, -0.2) is 4.98 Å². The summed E-state index contributed by atoms with van der Waals surface area (Å²) in [5, 5.41) is 14.9. The number of rotatable bonds is 13. The zero-order valence-electron chi connectivity index (χ0n) is 22.4. The van der Waals surface area contributed by atoms with Crippen molar-refractivity contribution in [3.05, 3.63) is 60.2 Å². The molecule has 1 saturated heterocycles. The number of nitrogens with zero attached hydrogens (tertiary/aromatic N) is 2. The lowest BCUT2D eigenvalue weighted by Gasteiger charge is -2.26. The lowest BCUT2D eigenvalue weighted by molar-refractivity contribution is -0.159. The van der Waals surface area contributed by atoms with Crippen molar-refractivity contribution in [3.63, 3.8) is 0 Å².